The molecule has 1 amide bonds. The summed E-state index contributed by atoms with van der Waals surface area (Å²) in [5.74, 6) is -0.163. The van der Waals surface area contributed by atoms with Crippen molar-refractivity contribution in [2.24, 2.45) is 0 Å². The van der Waals surface area contributed by atoms with Gasteiger partial charge >= 0.3 is 0 Å². The average Bonchev–Trinajstić information content (AvgIpc) is 2.85. The van der Waals surface area contributed by atoms with Crippen LogP contribution in [0.5, 0.6) is 0 Å². The molecular weight excluding hydrogens is 462 g/mol. The molecule has 1 N–H and O–H groups in total. The van der Waals surface area contributed by atoms with Gasteiger partial charge in [-0.1, -0.05) is 89.6 Å². The highest BCUT2D eigenvalue weighted by Gasteiger charge is 2.22. The van der Waals surface area contributed by atoms with Gasteiger partial charge in [-0.05, 0) is 38.1 Å². The van der Waals surface area contributed by atoms with Crippen molar-refractivity contribution in [3.63, 3.8) is 0 Å². The van der Waals surface area contributed by atoms with Crippen LogP contribution in [0.25, 0.3) is 22.4 Å². The zero-order valence-electron chi connectivity index (χ0n) is 18.7. The second kappa shape index (κ2) is 10.6. The third-order valence-corrected chi connectivity index (χ3v) is 6.72. The molecule has 1 aromatic heterocycles. The summed E-state index contributed by atoms with van der Waals surface area (Å²) < 4.78 is 0. The van der Waals surface area contributed by atoms with Gasteiger partial charge in [0.15, 0.2) is 0 Å². The number of thioether (sulfide) groups is 1. The van der Waals surface area contributed by atoms with E-state index in [1.807, 2.05) is 85.8 Å². The first kappa shape index (κ1) is 23.6. The number of hydrogen-bond acceptors (Lipinski definition) is 4. The van der Waals surface area contributed by atoms with Crippen LogP contribution in [0.15, 0.2) is 90.0 Å². The molecule has 0 radical (unpaired) electrons. The molecule has 0 saturated heterocycles. The maximum absolute atomic E-state index is 12.9. The number of aromatic nitrogens is 1. The minimum atomic E-state index is -0.481. The molecule has 0 spiro atoms. The molecule has 4 aromatic rings. The summed E-state index contributed by atoms with van der Waals surface area (Å²) in [4.78, 5) is 17.7. The van der Waals surface area contributed by atoms with E-state index < -0.39 is 5.25 Å². The van der Waals surface area contributed by atoms with E-state index in [9.17, 15) is 10.1 Å². The van der Waals surface area contributed by atoms with Crippen LogP contribution in [0, 0.1) is 18.3 Å². The van der Waals surface area contributed by atoms with E-state index in [0.29, 0.717) is 26.9 Å². The summed E-state index contributed by atoms with van der Waals surface area (Å²) in [7, 11) is 0. The first-order chi connectivity index (χ1) is 16.5. The van der Waals surface area contributed by atoms with Crippen molar-refractivity contribution in [1.29, 1.82) is 5.26 Å². The van der Waals surface area contributed by atoms with Gasteiger partial charge in [-0.3, -0.25) is 4.79 Å². The molecule has 0 bridgehead atoms. The van der Waals surface area contributed by atoms with Gasteiger partial charge in [0.05, 0.1) is 16.5 Å². The van der Waals surface area contributed by atoms with Crippen molar-refractivity contribution in [3.8, 4) is 28.5 Å². The molecule has 4 nitrogen and oxygen atoms in total. The summed E-state index contributed by atoms with van der Waals surface area (Å²) in [6, 6.07) is 29.0. The zero-order chi connectivity index (χ0) is 24.1. The molecule has 0 fully saturated rings. The van der Waals surface area contributed by atoms with Crippen LogP contribution in [-0.2, 0) is 4.79 Å². The highest BCUT2D eigenvalue weighted by Crippen LogP contribution is 2.38. The van der Waals surface area contributed by atoms with Crippen molar-refractivity contribution in [2.75, 3.05) is 5.32 Å². The minimum Gasteiger partial charge on any atom is -0.325 e. The van der Waals surface area contributed by atoms with E-state index in [2.05, 4.69) is 11.4 Å². The van der Waals surface area contributed by atoms with E-state index in [4.69, 9.17) is 16.6 Å². The number of benzene rings is 3. The standard InChI is InChI=1S/C28H22ClN3OS/c1-18-12-14-21(15-13-18)31-27(33)19(2)34-28-24(17-30)23(22-10-6-7-11-25(22)29)16-26(32-28)20-8-4-3-5-9-20/h3-16,19H,1-2H3,(H,31,33)/t19-/m1/s1. The van der Waals surface area contributed by atoms with Gasteiger partial charge in [-0.25, -0.2) is 4.98 Å². The quantitative estimate of drug-likeness (QED) is 0.291. The van der Waals surface area contributed by atoms with Crippen LogP contribution < -0.4 is 5.32 Å². The summed E-state index contributed by atoms with van der Waals surface area (Å²) in [5, 5.41) is 13.6. The van der Waals surface area contributed by atoms with Crippen LogP contribution in [0.3, 0.4) is 0 Å². The predicted octanol–water partition coefficient (Wildman–Crippen LogP) is 7.37. The molecule has 0 aliphatic rings. The number of amides is 1. The molecule has 3 aromatic carbocycles. The second-order valence-corrected chi connectivity index (χ2v) is 9.54. The summed E-state index contributed by atoms with van der Waals surface area (Å²) in [5.41, 5.74) is 5.31. The molecule has 1 heterocycles. The molecule has 6 heteroatoms. The highest BCUT2D eigenvalue weighted by molar-refractivity contribution is 8.00. The van der Waals surface area contributed by atoms with E-state index in [0.717, 1.165) is 22.4 Å². The molecule has 4 rings (SSSR count). The number of anilines is 1. The van der Waals surface area contributed by atoms with Crippen LogP contribution in [0.2, 0.25) is 5.02 Å². The number of nitriles is 1. The number of carbonyl (C=O) groups excluding carboxylic acids is 1. The minimum absolute atomic E-state index is 0.163. The lowest BCUT2D eigenvalue weighted by atomic mass is 9.99. The lowest BCUT2D eigenvalue weighted by Crippen LogP contribution is -2.22. The number of halogens is 1. The summed E-state index contributed by atoms with van der Waals surface area (Å²) in [6.45, 7) is 3.80. The normalized spacial score (nSPS) is 11.5. The van der Waals surface area contributed by atoms with Gasteiger partial charge < -0.3 is 5.32 Å². The Morgan fingerprint density at radius 2 is 1.68 bits per heavy atom. The number of hydrogen-bond donors (Lipinski definition) is 1. The van der Waals surface area contributed by atoms with Gasteiger partial charge in [0, 0.05) is 27.4 Å². The predicted molar refractivity (Wildman–Crippen MR) is 140 cm³/mol. The SMILES string of the molecule is Cc1ccc(NC(=O)[C@@H](C)Sc2nc(-c3ccccc3)cc(-c3ccccc3Cl)c2C#N)cc1. The average molecular weight is 484 g/mol. The highest BCUT2D eigenvalue weighted by atomic mass is 35.5. The van der Waals surface area contributed by atoms with Gasteiger partial charge in [-0.15, -0.1) is 0 Å². The number of nitrogens with one attached hydrogen (secondary N) is 1. The van der Waals surface area contributed by atoms with Gasteiger partial charge in [-0.2, -0.15) is 5.26 Å². The van der Waals surface area contributed by atoms with Crippen molar-refractivity contribution in [3.05, 3.63) is 101 Å². The molecule has 0 aliphatic carbocycles. The molecule has 0 saturated carbocycles. The zero-order valence-corrected chi connectivity index (χ0v) is 20.3. The number of rotatable bonds is 6. The topological polar surface area (TPSA) is 65.8 Å². The fraction of sp³-hybridized carbons (Fsp3) is 0.107. The van der Waals surface area contributed by atoms with Crippen LogP contribution in [-0.4, -0.2) is 16.1 Å². The first-order valence-electron chi connectivity index (χ1n) is 10.8. The number of aryl methyl sites for hydroxylation is 1. The van der Waals surface area contributed by atoms with Crippen molar-refractivity contribution >= 4 is 35.0 Å². The van der Waals surface area contributed by atoms with E-state index >= 15 is 0 Å². The Kier molecular flexibility index (Phi) is 7.32. The van der Waals surface area contributed by atoms with Gasteiger partial charge in [0.2, 0.25) is 5.91 Å². The van der Waals surface area contributed by atoms with Crippen molar-refractivity contribution in [2.45, 2.75) is 24.1 Å². The lowest BCUT2D eigenvalue weighted by Gasteiger charge is -2.16. The number of nitrogens with zero attached hydrogens (tertiary/aromatic N) is 2. The second-order valence-electron chi connectivity index (χ2n) is 7.81. The molecule has 0 aliphatic heterocycles. The van der Waals surface area contributed by atoms with E-state index in [-0.39, 0.29) is 5.91 Å². The summed E-state index contributed by atoms with van der Waals surface area (Å²) >= 11 is 7.76. The first-order valence-corrected chi connectivity index (χ1v) is 12.0. The maximum Gasteiger partial charge on any atom is 0.237 e. The Morgan fingerprint density at radius 3 is 2.35 bits per heavy atom. The molecule has 0 unspecified atom stereocenters. The Bertz CT molecular complexity index is 1370. The molecule has 168 valence electrons. The molecule has 34 heavy (non-hydrogen) atoms. The van der Waals surface area contributed by atoms with Crippen LogP contribution in [0.4, 0.5) is 5.69 Å². The number of pyridine rings is 1. The Morgan fingerprint density at radius 1 is 1.00 bits per heavy atom. The maximum atomic E-state index is 12.9. The number of carbonyl (C=O) groups is 1. The third-order valence-electron chi connectivity index (χ3n) is 5.31. The Hall–Kier alpha value is -3.59. The van der Waals surface area contributed by atoms with Crippen molar-refractivity contribution in [1.82, 2.24) is 4.98 Å². The fourth-order valence-corrected chi connectivity index (χ4v) is 4.63. The van der Waals surface area contributed by atoms with E-state index in [1.54, 1.807) is 13.0 Å². The molecule has 1 atom stereocenters. The van der Waals surface area contributed by atoms with E-state index in [1.165, 1.54) is 11.8 Å². The Labute approximate surface area is 208 Å². The van der Waals surface area contributed by atoms with Crippen molar-refractivity contribution < 1.29 is 4.79 Å². The van der Waals surface area contributed by atoms with Gasteiger partial charge in [0.25, 0.3) is 0 Å². The van der Waals surface area contributed by atoms with Crippen LogP contribution in [0.1, 0.15) is 18.1 Å². The largest absolute Gasteiger partial charge is 0.325 e. The smallest absolute Gasteiger partial charge is 0.237 e. The molecular formula is C28H22ClN3OS. The summed E-state index contributed by atoms with van der Waals surface area (Å²) in [6.07, 6.45) is 0. The Balaban J connectivity index is 1.74. The monoisotopic (exact) mass is 483 g/mol. The van der Waals surface area contributed by atoms with Crippen LogP contribution >= 0.6 is 23.4 Å². The van der Waals surface area contributed by atoms with Gasteiger partial charge in [0.1, 0.15) is 11.1 Å². The fourth-order valence-electron chi connectivity index (χ4n) is 3.47. The third kappa shape index (κ3) is 5.31. The lowest BCUT2D eigenvalue weighted by molar-refractivity contribution is -0.115.